The zero-order chi connectivity index (χ0) is 11.6. The first-order valence-corrected chi connectivity index (χ1v) is 5.39. The van der Waals surface area contributed by atoms with Crippen LogP contribution in [0.25, 0.3) is 0 Å². The third-order valence-electron chi connectivity index (χ3n) is 2.90. The van der Waals surface area contributed by atoms with Gasteiger partial charge in [-0.05, 0) is 38.3 Å². The van der Waals surface area contributed by atoms with Crippen molar-refractivity contribution in [3.8, 4) is 0 Å². The number of nitrogens with one attached hydrogen (secondary N) is 1. The molecule has 2 N–H and O–H groups in total. The molecular formula is C12H19NO2. The molecule has 1 aromatic rings. The first-order valence-electron chi connectivity index (χ1n) is 5.39. The summed E-state index contributed by atoms with van der Waals surface area (Å²) in [5, 5.41) is 9.01. The summed E-state index contributed by atoms with van der Waals surface area (Å²) < 4.78 is 0. The summed E-state index contributed by atoms with van der Waals surface area (Å²) in [5.74, 6) is -1.19. The van der Waals surface area contributed by atoms with Gasteiger partial charge in [-0.25, -0.2) is 0 Å². The second-order valence-electron chi connectivity index (χ2n) is 4.08. The predicted octanol–water partition coefficient (Wildman–Crippen LogP) is 2.77. The lowest BCUT2D eigenvalue weighted by Gasteiger charge is -2.07. The van der Waals surface area contributed by atoms with Crippen LogP contribution in [0.4, 0.5) is 0 Å². The predicted molar refractivity (Wildman–Crippen MR) is 60.3 cm³/mol. The molecule has 0 spiro atoms. The van der Waals surface area contributed by atoms with E-state index in [0.29, 0.717) is 0 Å². The Morgan fingerprint density at radius 2 is 2.07 bits per heavy atom. The van der Waals surface area contributed by atoms with E-state index in [9.17, 15) is 4.79 Å². The Hall–Kier alpha value is -1.25. The topological polar surface area (TPSA) is 53.1 Å². The lowest BCUT2D eigenvalue weighted by atomic mass is 9.96. The van der Waals surface area contributed by atoms with Crippen LogP contribution >= 0.6 is 0 Å². The van der Waals surface area contributed by atoms with Crippen molar-refractivity contribution < 1.29 is 9.90 Å². The van der Waals surface area contributed by atoms with Crippen LogP contribution in [0.2, 0.25) is 0 Å². The fraction of sp³-hybridized carbons (Fsp3) is 0.583. The minimum atomic E-state index is -0.761. The highest BCUT2D eigenvalue weighted by molar-refractivity contribution is 5.76. The van der Waals surface area contributed by atoms with Gasteiger partial charge in [0.2, 0.25) is 0 Å². The summed E-state index contributed by atoms with van der Waals surface area (Å²) in [5.41, 5.74) is 4.24. The summed E-state index contributed by atoms with van der Waals surface area (Å²) in [6.07, 6.45) is 2.06. The van der Waals surface area contributed by atoms with Gasteiger partial charge in [-0.2, -0.15) is 0 Å². The van der Waals surface area contributed by atoms with Gasteiger partial charge in [-0.3, -0.25) is 4.79 Å². The molecule has 1 unspecified atom stereocenters. The normalized spacial score (nSPS) is 12.8. The van der Waals surface area contributed by atoms with Crippen molar-refractivity contribution in [1.82, 2.24) is 4.98 Å². The minimum Gasteiger partial charge on any atom is -0.481 e. The molecule has 15 heavy (non-hydrogen) atoms. The van der Waals surface area contributed by atoms with Gasteiger partial charge in [-0.15, -0.1) is 0 Å². The molecule has 84 valence electrons. The van der Waals surface area contributed by atoms with Gasteiger partial charge in [0.15, 0.2) is 0 Å². The molecule has 0 aromatic carbocycles. The number of carboxylic acid groups (broad SMARTS) is 1. The highest BCUT2D eigenvalue weighted by Gasteiger charge is 2.21. The number of rotatable bonds is 4. The summed E-state index contributed by atoms with van der Waals surface area (Å²) in [7, 11) is 0. The Morgan fingerprint density at radius 3 is 2.53 bits per heavy atom. The average Bonchev–Trinajstić information content (AvgIpc) is 2.42. The van der Waals surface area contributed by atoms with Crippen molar-refractivity contribution >= 4 is 5.97 Å². The Balaban J connectivity index is 3.12. The van der Waals surface area contributed by atoms with Crippen LogP contribution in [0.5, 0.6) is 0 Å². The third kappa shape index (κ3) is 2.22. The van der Waals surface area contributed by atoms with Crippen molar-refractivity contribution in [2.45, 2.75) is 46.5 Å². The number of aromatic nitrogens is 1. The minimum absolute atomic E-state index is 0.424. The molecule has 0 aliphatic heterocycles. The van der Waals surface area contributed by atoms with Gasteiger partial charge in [0, 0.05) is 11.4 Å². The standard InChI is InChI=1S/C12H19NO2/c1-5-6-10-7(2)11(9(4)13-10)8(3)12(14)15/h8,13H,5-6H2,1-4H3,(H,14,15). The molecule has 0 aliphatic rings. The van der Waals surface area contributed by atoms with E-state index in [-0.39, 0.29) is 0 Å². The Labute approximate surface area is 90.5 Å². The van der Waals surface area contributed by atoms with Crippen LogP contribution in [-0.2, 0) is 11.2 Å². The summed E-state index contributed by atoms with van der Waals surface area (Å²) >= 11 is 0. The van der Waals surface area contributed by atoms with Crippen LogP contribution < -0.4 is 0 Å². The van der Waals surface area contributed by atoms with Crippen LogP contribution in [0.15, 0.2) is 0 Å². The summed E-state index contributed by atoms with van der Waals surface area (Å²) in [4.78, 5) is 14.2. The van der Waals surface area contributed by atoms with E-state index in [4.69, 9.17) is 5.11 Å². The van der Waals surface area contributed by atoms with Crippen LogP contribution in [0.3, 0.4) is 0 Å². The molecule has 1 atom stereocenters. The van der Waals surface area contributed by atoms with Gasteiger partial charge in [0.25, 0.3) is 0 Å². The molecule has 1 rings (SSSR count). The van der Waals surface area contributed by atoms with Gasteiger partial charge < -0.3 is 10.1 Å². The number of H-pyrrole nitrogens is 1. The van der Waals surface area contributed by atoms with E-state index >= 15 is 0 Å². The van der Waals surface area contributed by atoms with Crippen LogP contribution in [0.1, 0.15) is 48.7 Å². The zero-order valence-electron chi connectivity index (χ0n) is 9.85. The Morgan fingerprint density at radius 1 is 1.47 bits per heavy atom. The van der Waals surface area contributed by atoms with Crippen molar-refractivity contribution in [3.63, 3.8) is 0 Å². The molecular weight excluding hydrogens is 190 g/mol. The lowest BCUT2D eigenvalue weighted by Crippen LogP contribution is -2.09. The molecule has 0 fully saturated rings. The number of aromatic amines is 1. The van der Waals surface area contributed by atoms with Crippen LogP contribution in [-0.4, -0.2) is 16.1 Å². The number of aryl methyl sites for hydroxylation is 2. The van der Waals surface area contributed by atoms with E-state index in [1.54, 1.807) is 6.92 Å². The van der Waals surface area contributed by atoms with E-state index in [0.717, 1.165) is 29.7 Å². The van der Waals surface area contributed by atoms with E-state index in [2.05, 4.69) is 11.9 Å². The molecule has 0 amide bonds. The third-order valence-corrected chi connectivity index (χ3v) is 2.90. The molecule has 0 radical (unpaired) electrons. The van der Waals surface area contributed by atoms with Crippen molar-refractivity contribution in [3.05, 3.63) is 22.5 Å². The maximum absolute atomic E-state index is 11.0. The first-order chi connectivity index (χ1) is 6.99. The molecule has 3 heteroatoms. The molecule has 0 saturated heterocycles. The number of hydrogen-bond acceptors (Lipinski definition) is 1. The fourth-order valence-electron chi connectivity index (χ4n) is 2.10. The number of carbonyl (C=O) groups is 1. The van der Waals surface area contributed by atoms with E-state index in [1.807, 2.05) is 13.8 Å². The molecule has 3 nitrogen and oxygen atoms in total. The van der Waals surface area contributed by atoms with Crippen LogP contribution in [0, 0.1) is 13.8 Å². The molecule has 0 aliphatic carbocycles. The SMILES string of the molecule is CCCc1[nH]c(C)c(C(C)C(=O)O)c1C. The lowest BCUT2D eigenvalue weighted by molar-refractivity contribution is -0.138. The van der Waals surface area contributed by atoms with E-state index in [1.165, 1.54) is 5.69 Å². The highest BCUT2D eigenvalue weighted by Crippen LogP contribution is 2.26. The van der Waals surface area contributed by atoms with Gasteiger partial charge in [0.1, 0.15) is 0 Å². The molecule has 0 bridgehead atoms. The summed E-state index contributed by atoms with van der Waals surface area (Å²) in [6, 6.07) is 0. The second-order valence-corrected chi connectivity index (χ2v) is 4.08. The van der Waals surface area contributed by atoms with Crippen molar-refractivity contribution in [2.24, 2.45) is 0 Å². The fourth-order valence-corrected chi connectivity index (χ4v) is 2.10. The first kappa shape index (κ1) is 11.8. The summed E-state index contributed by atoms with van der Waals surface area (Å²) in [6.45, 7) is 7.81. The number of aliphatic carboxylic acids is 1. The molecule has 1 heterocycles. The zero-order valence-corrected chi connectivity index (χ0v) is 9.85. The largest absolute Gasteiger partial charge is 0.481 e. The van der Waals surface area contributed by atoms with Crippen molar-refractivity contribution in [2.75, 3.05) is 0 Å². The second kappa shape index (κ2) is 4.51. The quantitative estimate of drug-likeness (QED) is 0.801. The van der Waals surface area contributed by atoms with Gasteiger partial charge in [-0.1, -0.05) is 13.3 Å². The maximum atomic E-state index is 11.0. The smallest absolute Gasteiger partial charge is 0.310 e. The molecule has 0 saturated carbocycles. The number of hydrogen-bond donors (Lipinski definition) is 2. The highest BCUT2D eigenvalue weighted by atomic mass is 16.4. The number of carboxylic acids is 1. The van der Waals surface area contributed by atoms with Gasteiger partial charge >= 0.3 is 5.97 Å². The molecule has 1 aromatic heterocycles. The van der Waals surface area contributed by atoms with E-state index < -0.39 is 11.9 Å². The Kier molecular flexibility index (Phi) is 3.56. The van der Waals surface area contributed by atoms with Gasteiger partial charge in [0.05, 0.1) is 5.92 Å². The van der Waals surface area contributed by atoms with Crippen molar-refractivity contribution in [1.29, 1.82) is 0 Å². The maximum Gasteiger partial charge on any atom is 0.310 e. The monoisotopic (exact) mass is 209 g/mol. The Bertz CT molecular complexity index is 366. The average molecular weight is 209 g/mol.